The van der Waals surface area contributed by atoms with Crippen LogP contribution in [0.3, 0.4) is 0 Å². The van der Waals surface area contributed by atoms with Gasteiger partial charge in [-0.1, -0.05) is 0 Å². The monoisotopic (exact) mass is 222 g/mol. The molecule has 0 aliphatic rings. The van der Waals surface area contributed by atoms with Crippen LogP contribution in [0.1, 0.15) is 0 Å². The number of benzene rings is 1. The van der Waals surface area contributed by atoms with E-state index >= 15 is 0 Å². The number of hydrogen-bond acceptors (Lipinski definition) is 4. The summed E-state index contributed by atoms with van der Waals surface area (Å²) < 4.78 is 12.5. The van der Waals surface area contributed by atoms with Gasteiger partial charge in [0.15, 0.2) is 11.0 Å². The zero-order valence-electron chi connectivity index (χ0n) is 7.59. The topological polar surface area (TPSA) is 46.0 Å². The van der Waals surface area contributed by atoms with Crippen molar-refractivity contribution < 1.29 is 9.50 Å². The summed E-state index contributed by atoms with van der Waals surface area (Å²) in [7, 11) is 0. The second kappa shape index (κ2) is 4.27. The molecular weight excluding hydrogens is 215 g/mol. The van der Waals surface area contributed by atoms with Gasteiger partial charge in [0.2, 0.25) is 0 Å². The van der Waals surface area contributed by atoms with Crippen LogP contribution in [0.4, 0.5) is 4.39 Å². The number of nitrogens with zero attached hydrogens (tertiary/aromatic N) is 2. The van der Waals surface area contributed by atoms with Crippen molar-refractivity contribution in [3.63, 3.8) is 0 Å². The number of phenols is 1. The van der Waals surface area contributed by atoms with Crippen LogP contribution in [0, 0.1) is 5.82 Å². The molecule has 5 heteroatoms. The van der Waals surface area contributed by atoms with Gasteiger partial charge in [-0.25, -0.2) is 14.4 Å². The fraction of sp³-hybridized carbons (Fsp3) is 0. The molecule has 0 radical (unpaired) electrons. The SMILES string of the molecule is Oc1ccc(Sc2ncc(F)cn2)cc1. The van der Waals surface area contributed by atoms with Gasteiger partial charge in [0.1, 0.15) is 5.75 Å². The van der Waals surface area contributed by atoms with Gasteiger partial charge in [-0.15, -0.1) is 0 Å². The number of phenolic OH excluding ortho intramolecular Hbond substituents is 1. The van der Waals surface area contributed by atoms with E-state index in [1.54, 1.807) is 24.3 Å². The van der Waals surface area contributed by atoms with Crippen molar-refractivity contribution in [1.29, 1.82) is 0 Å². The van der Waals surface area contributed by atoms with Crippen LogP contribution >= 0.6 is 11.8 Å². The summed E-state index contributed by atoms with van der Waals surface area (Å²) in [5, 5.41) is 9.54. The fourth-order valence-electron chi connectivity index (χ4n) is 0.973. The highest BCUT2D eigenvalue weighted by atomic mass is 32.2. The highest BCUT2D eigenvalue weighted by molar-refractivity contribution is 7.99. The number of hydrogen-bond donors (Lipinski definition) is 1. The predicted molar refractivity (Wildman–Crippen MR) is 54.2 cm³/mol. The Balaban J connectivity index is 2.15. The number of aromatic hydroxyl groups is 1. The molecule has 1 aromatic heterocycles. The minimum absolute atomic E-state index is 0.208. The standard InChI is InChI=1S/C10H7FN2OS/c11-7-5-12-10(13-6-7)15-9-3-1-8(14)2-4-9/h1-6,14H. The van der Waals surface area contributed by atoms with Crippen LogP contribution in [-0.2, 0) is 0 Å². The molecule has 1 N–H and O–H groups in total. The summed E-state index contributed by atoms with van der Waals surface area (Å²) in [6, 6.07) is 6.64. The van der Waals surface area contributed by atoms with Gasteiger partial charge in [0.05, 0.1) is 12.4 Å². The zero-order valence-corrected chi connectivity index (χ0v) is 8.41. The summed E-state index contributed by atoms with van der Waals surface area (Å²) in [5.74, 6) is -0.246. The molecule has 2 rings (SSSR count). The van der Waals surface area contributed by atoms with Crippen LogP contribution in [-0.4, -0.2) is 15.1 Å². The molecule has 0 fully saturated rings. The van der Waals surface area contributed by atoms with E-state index in [2.05, 4.69) is 9.97 Å². The van der Waals surface area contributed by atoms with E-state index < -0.39 is 5.82 Å². The van der Waals surface area contributed by atoms with Crippen molar-refractivity contribution in [3.05, 3.63) is 42.5 Å². The molecule has 0 atom stereocenters. The number of halogens is 1. The van der Waals surface area contributed by atoms with E-state index in [-0.39, 0.29) is 5.75 Å². The van der Waals surface area contributed by atoms with Gasteiger partial charge in [-0.05, 0) is 36.0 Å². The lowest BCUT2D eigenvalue weighted by atomic mass is 10.3. The molecular formula is C10H7FN2OS. The predicted octanol–water partition coefficient (Wildman–Crippen LogP) is 2.47. The summed E-state index contributed by atoms with van der Waals surface area (Å²) in [6.45, 7) is 0. The van der Waals surface area contributed by atoms with Gasteiger partial charge in [-0.2, -0.15) is 0 Å². The van der Waals surface area contributed by atoms with Gasteiger partial charge >= 0.3 is 0 Å². The van der Waals surface area contributed by atoms with E-state index in [0.29, 0.717) is 5.16 Å². The van der Waals surface area contributed by atoms with Gasteiger partial charge in [-0.3, -0.25) is 0 Å². The van der Waals surface area contributed by atoms with Crippen molar-refractivity contribution in [2.45, 2.75) is 10.1 Å². The van der Waals surface area contributed by atoms with Crippen LogP contribution in [0.5, 0.6) is 5.75 Å². The molecule has 15 heavy (non-hydrogen) atoms. The average Bonchev–Trinajstić information content (AvgIpc) is 2.25. The van der Waals surface area contributed by atoms with E-state index in [9.17, 15) is 4.39 Å². The first kappa shape index (κ1) is 9.92. The third-order valence-electron chi connectivity index (χ3n) is 1.64. The Bertz CT molecular complexity index is 400. The second-order valence-electron chi connectivity index (χ2n) is 2.78. The number of aromatic nitrogens is 2. The van der Waals surface area contributed by atoms with Gasteiger partial charge in [0.25, 0.3) is 0 Å². The lowest BCUT2D eigenvalue weighted by Crippen LogP contribution is -1.86. The van der Waals surface area contributed by atoms with Crippen LogP contribution in [0.2, 0.25) is 0 Å². The van der Waals surface area contributed by atoms with Crippen LogP contribution < -0.4 is 0 Å². The van der Waals surface area contributed by atoms with Crippen LogP contribution in [0.25, 0.3) is 0 Å². The molecule has 76 valence electrons. The third-order valence-corrected chi connectivity index (χ3v) is 2.54. The van der Waals surface area contributed by atoms with E-state index in [4.69, 9.17) is 5.11 Å². The molecule has 0 amide bonds. The molecule has 0 spiro atoms. The maximum atomic E-state index is 12.5. The molecule has 2 aromatic rings. The molecule has 3 nitrogen and oxygen atoms in total. The summed E-state index contributed by atoms with van der Waals surface area (Å²) in [5.41, 5.74) is 0. The molecule has 0 saturated carbocycles. The largest absolute Gasteiger partial charge is 0.508 e. The lowest BCUT2D eigenvalue weighted by Gasteiger charge is -1.99. The van der Waals surface area contributed by atoms with E-state index in [1.165, 1.54) is 11.8 Å². The van der Waals surface area contributed by atoms with Crippen molar-refractivity contribution in [2.75, 3.05) is 0 Å². The first-order valence-corrected chi connectivity index (χ1v) is 5.00. The van der Waals surface area contributed by atoms with E-state index in [0.717, 1.165) is 17.3 Å². The molecule has 0 bridgehead atoms. The molecule has 0 saturated heterocycles. The molecule has 0 aliphatic carbocycles. The minimum Gasteiger partial charge on any atom is -0.508 e. The zero-order chi connectivity index (χ0) is 10.7. The minimum atomic E-state index is -0.454. The van der Waals surface area contributed by atoms with Crippen molar-refractivity contribution >= 4 is 11.8 Å². The Kier molecular flexibility index (Phi) is 2.82. The normalized spacial score (nSPS) is 10.2. The third kappa shape index (κ3) is 2.66. The number of rotatable bonds is 2. The molecule has 0 unspecified atom stereocenters. The highest BCUT2D eigenvalue weighted by Crippen LogP contribution is 2.25. The Morgan fingerprint density at radius 2 is 1.67 bits per heavy atom. The maximum absolute atomic E-state index is 12.5. The lowest BCUT2D eigenvalue weighted by molar-refractivity contribution is 0.475. The molecule has 1 aromatic carbocycles. The van der Waals surface area contributed by atoms with E-state index in [1.807, 2.05) is 0 Å². The summed E-state index contributed by atoms with van der Waals surface area (Å²) in [6.07, 6.45) is 2.24. The first-order valence-electron chi connectivity index (χ1n) is 4.18. The Morgan fingerprint density at radius 1 is 1.07 bits per heavy atom. The molecule has 0 aliphatic heterocycles. The average molecular weight is 222 g/mol. The quantitative estimate of drug-likeness (QED) is 0.793. The second-order valence-corrected chi connectivity index (χ2v) is 3.82. The Labute approximate surface area is 90.0 Å². The smallest absolute Gasteiger partial charge is 0.192 e. The Hall–Kier alpha value is -1.62. The summed E-state index contributed by atoms with van der Waals surface area (Å²) in [4.78, 5) is 8.51. The van der Waals surface area contributed by atoms with Crippen molar-refractivity contribution in [3.8, 4) is 5.75 Å². The van der Waals surface area contributed by atoms with Crippen molar-refractivity contribution in [2.24, 2.45) is 0 Å². The molecule has 1 heterocycles. The Morgan fingerprint density at radius 3 is 2.27 bits per heavy atom. The highest BCUT2D eigenvalue weighted by Gasteiger charge is 2.00. The van der Waals surface area contributed by atoms with Crippen LogP contribution in [0.15, 0.2) is 46.7 Å². The fourth-order valence-corrected chi connectivity index (χ4v) is 1.67. The van der Waals surface area contributed by atoms with Gasteiger partial charge < -0.3 is 5.11 Å². The maximum Gasteiger partial charge on any atom is 0.192 e. The summed E-state index contributed by atoms with van der Waals surface area (Å²) >= 11 is 1.30. The van der Waals surface area contributed by atoms with Crippen molar-refractivity contribution in [1.82, 2.24) is 9.97 Å². The van der Waals surface area contributed by atoms with Gasteiger partial charge in [0, 0.05) is 4.90 Å². The first-order chi connectivity index (χ1) is 7.24.